The molecule has 0 radical (unpaired) electrons. The molecule has 0 bridgehead atoms. The van der Waals surface area contributed by atoms with Crippen molar-refractivity contribution in [3.05, 3.63) is 71.8 Å². The molecule has 0 unspecified atom stereocenters. The van der Waals surface area contributed by atoms with Crippen LogP contribution in [0.25, 0.3) is 11.1 Å². The summed E-state index contributed by atoms with van der Waals surface area (Å²) >= 11 is 0. The van der Waals surface area contributed by atoms with Gasteiger partial charge in [0.15, 0.2) is 0 Å². The topological polar surface area (TPSA) is 75.2 Å². The average molecular weight is 426 g/mol. The number of pyridine rings is 2. The summed E-state index contributed by atoms with van der Waals surface area (Å²) in [5, 5.41) is 2.55. The number of benzene rings is 1. The van der Waals surface area contributed by atoms with Crippen molar-refractivity contribution in [2.75, 3.05) is 16.8 Å². The van der Waals surface area contributed by atoms with E-state index >= 15 is 0 Å². The Labute approximate surface area is 175 Å². The van der Waals surface area contributed by atoms with Crippen LogP contribution in [0, 0.1) is 6.92 Å². The van der Waals surface area contributed by atoms with Crippen LogP contribution in [0.4, 0.5) is 24.5 Å². The number of carbonyl (C=O) groups is 2. The lowest BCUT2D eigenvalue weighted by molar-refractivity contribution is -0.137. The summed E-state index contributed by atoms with van der Waals surface area (Å²) in [5.74, 6) is -0.808. The van der Waals surface area contributed by atoms with Gasteiger partial charge in [0.05, 0.1) is 17.7 Å². The number of nitrogens with one attached hydrogen (secondary N) is 1. The second-order valence-electron chi connectivity index (χ2n) is 7.16. The predicted molar refractivity (Wildman–Crippen MR) is 108 cm³/mol. The maximum atomic E-state index is 13.0. The Morgan fingerprint density at radius 3 is 2.58 bits per heavy atom. The van der Waals surface area contributed by atoms with Crippen LogP contribution >= 0.6 is 0 Å². The molecule has 0 spiro atoms. The molecule has 4 rings (SSSR count). The lowest BCUT2D eigenvalue weighted by Gasteiger charge is -2.23. The van der Waals surface area contributed by atoms with Crippen molar-refractivity contribution < 1.29 is 22.8 Å². The molecular weight excluding hydrogens is 409 g/mol. The molecule has 9 heteroatoms. The lowest BCUT2D eigenvalue weighted by atomic mass is 10.0. The Balaban J connectivity index is 1.60. The number of alkyl halides is 3. The normalized spacial score (nSPS) is 13.3. The maximum absolute atomic E-state index is 13.0. The van der Waals surface area contributed by atoms with Gasteiger partial charge in [-0.25, -0.2) is 0 Å². The third kappa shape index (κ3) is 4.25. The fraction of sp³-hybridized carbons (Fsp3) is 0.182. The molecule has 1 N–H and O–H groups in total. The number of hydrogen-bond acceptors (Lipinski definition) is 4. The van der Waals surface area contributed by atoms with E-state index in [-0.39, 0.29) is 24.6 Å². The van der Waals surface area contributed by atoms with Crippen LogP contribution in [0.2, 0.25) is 0 Å². The van der Waals surface area contributed by atoms with Gasteiger partial charge in [-0.2, -0.15) is 13.2 Å². The van der Waals surface area contributed by atoms with Crippen molar-refractivity contribution in [2.45, 2.75) is 19.5 Å². The summed E-state index contributed by atoms with van der Waals surface area (Å²) < 4.78 is 38.2. The van der Waals surface area contributed by atoms with Crippen molar-refractivity contribution in [3.63, 3.8) is 0 Å². The van der Waals surface area contributed by atoms with Crippen molar-refractivity contribution >= 4 is 23.2 Å². The molecular formula is C22H17F3N4O2. The molecule has 0 fully saturated rings. The van der Waals surface area contributed by atoms with Gasteiger partial charge in [-0.1, -0.05) is 0 Å². The molecule has 1 aliphatic rings. The monoisotopic (exact) mass is 426 g/mol. The van der Waals surface area contributed by atoms with Gasteiger partial charge in [0.25, 0.3) is 0 Å². The van der Waals surface area contributed by atoms with E-state index in [0.29, 0.717) is 16.9 Å². The van der Waals surface area contributed by atoms with Crippen LogP contribution in [0.15, 0.2) is 55.0 Å². The Kier molecular flexibility index (Phi) is 5.18. The first-order valence-electron chi connectivity index (χ1n) is 9.40. The number of halogens is 3. The molecule has 31 heavy (non-hydrogen) atoms. The van der Waals surface area contributed by atoms with Crippen LogP contribution in [0.5, 0.6) is 0 Å². The van der Waals surface area contributed by atoms with Gasteiger partial charge < -0.3 is 10.2 Å². The zero-order chi connectivity index (χ0) is 22.2. The summed E-state index contributed by atoms with van der Waals surface area (Å²) in [5.41, 5.74) is 2.83. The van der Waals surface area contributed by atoms with E-state index in [1.165, 1.54) is 17.0 Å². The average Bonchev–Trinajstić information content (AvgIpc) is 2.82. The molecule has 1 aromatic carbocycles. The molecule has 0 aliphatic carbocycles. The van der Waals surface area contributed by atoms with Crippen molar-refractivity contribution in [2.24, 2.45) is 0 Å². The van der Waals surface area contributed by atoms with E-state index in [2.05, 4.69) is 15.3 Å². The maximum Gasteiger partial charge on any atom is 0.416 e. The van der Waals surface area contributed by atoms with E-state index in [1.54, 1.807) is 37.6 Å². The van der Waals surface area contributed by atoms with E-state index < -0.39 is 17.6 Å². The molecule has 0 saturated carbocycles. The minimum absolute atomic E-state index is 0.0825. The molecule has 3 heterocycles. The van der Waals surface area contributed by atoms with Crippen LogP contribution in [-0.2, 0) is 22.2 Å². The summed E-state index contributed by atoms with van der Waals surface area (Å²) in [6.07, 6.45) is 0.523. The van der Waals surface area contributed by atoms with Crippen LogP contribution < -0.4 is 10.2 Å². The van der Waals surface area contributed by atoms with Gasteiger partial charge in [0.2, 0.25) is 11.8 Å². The number of rotatable bonds is 3. The van der Waals surface area contributed by atoms with Crippen LogP contribution in [-0.4, -0.2) is 28.3 Å². The van der Waals surface area contributed by atoms with Gasteiger partial charge in [-0.05, 0) is 48.9 Å². The SMILES string of the molecule is Cc1cc2c(cn1)-c1cnccc1CC(=O)N2CC(=O)Nc1ccc(C(F)(F)F)cc1. The van der Waals surface area contributed by atoms with Crippen molar-refractivity contribution in [1.29, 1.82) is 0 Å². The first-order valence-corrected chi connectivity index (χ1v) is 9.40. The van der Waals surface area contributed by atoms with Crippen LogP contribution in [0.3, 0.4) is 0 Å². The van der Waals surface area contributed by atoms with E-state index in [1.807, 2.05) is 0 Å². The lowest BCUT2D eigenvalue weighted by Crippen LogP contribution is -2.38. The molecule has 0 saturated heterocycles. The number of carbonyl (C=O) groups excluding carboxylic acids is 2. The smallest absolute Gasteiger partial charge is 0.325 e. The zero-order valence-electron chi connectivity index (χ0n) is 16.4. The van der Waals surface area contributed by atoms with Crippen molar-refractivity contribution in [1.82, 2.24) is 9.97 Å². The number of fused-ring (bicyclic) bond motifs is 3. The van der Waals surface area contributed by atoms with Crippen LogP contribution in [0.1, 0.15) is 16.8 Å². The zero-order valence-corrected chi connectivity index (χ0v) is 16.4. The molecule has 0 atom stereocenters. The Bertz CT molecular complexity index is 1160. The third-order valence-electron chi connectivity index (χ3n) is 4.95. The number of anilines is 2. The first-order chi connectivity index (χ1) is 14.7. The Hall–Kier alpha value is -3.75. The van der Waals surface area contributed by atoms with E-state index in [0.717, 1.165) is 23.3 Å². The van der Waals surface area contributed by atoms with Gasteiger partial charge in [-0.15, -0.1) is 0 Å². The highest BCUT2D eigenvalue weighted by Crippen LogP contribution is 2.36. The van der Waals surface area contributed by atoms with Crippen molar-refractivity contribution in [3.8, 4) is 11.1 Å². The minimum Gasteiger partial charge on any atom is -0.325 e. The standard InChI is InChI=1S/C22H17F3N4O2/c1-13-8-19-18(11-27-13)17-10-26-7-6-14(17)9-21(31)29(19)12-20(30)28-16-4-2-15(3-5-16)22(23,24)25/h2-8,10-11H,9,12H2,1H3,(H,28,30). The molecule has 1 aliphatic heterocycles. The highest BCUT2D eigenvalue weighted by atomic mass is 19.4. The number of hydrogen-bond donors (Lipinski definition) is 1. The summed E-state index contributed by atoms with van der Waals surface area (Å²) in [7, 11) is 0. The Morgan fingerprint density at radius 1 is 1.13 bits per heavy atom. The molecule has 6 nitrogen and oxygen atoms in total. The summed E-state index contributed by atoms with van der Waals surface area (Å²) in [4.78, 5) is 35.4. The highest BCUT2D eigenvalue weighted by molar-refractivity contribution is 6.07. The molecule has 3 aromatic rings. The molecule has 2 aromatic heterocycles. The van der Waals surface area contributed by atoms with Gasteiger partial charge in [-0.3, -0.25) is 19.6 Å². The number of aromatic nitrogens is 2. The second-order valence-corrected chi connectivity index (χ2v) is 7.16. The van der Waals surface area contributed by atoms with Gasteiger partial charge >= 0.3 is 6.18 Å². The highest BCUT2D eigenvalue weighted by Gasteiger charge is 2.30. The summed E-state index contributed by atoms with van der Waals surface area (Å²) in [6, 6.07) is 7.60. The third-order valence-corrected chi connectivity index (χ3v) is 4.95. The summed E-state index contributed by atoms with van der Waals surface area (Å²) in [6.45, 7) is 1.48. The minimum atomic E-state index is -4.46. The van der Waals surface area contributed by atoms with Gasteiger partial charge in [0.1, 0.15) is 6.54 Å². The van der Waals surface area contributed by atoms with Gasteiger partial charge in [0, 0.05) is 41.1 Å². The molecule has 158 valence electrons. The Morgan fingerprint density at radius 2 is 1.87 bits per heavy atom. The fourth-order valence-corrected chi connectivity index (χ4v) is 3.45. The number of nitrogens with zero attached hydrogens (tertiary/aromatic N) is 3. The largest absolute Gasteiger partial charge is 0.416 e. The van der Waals surface area contributed by atoms with E-state index in [4.69, 9.17) is 0 Å². The predicted octanol–water partition coefficient (Wildman–Crippen LogP) is 4.00. The quantitative estimate of drug-likeness (QED) is 0.687. The molecule has 2 amide bonds. The first kappa shape index (κ1) is 20.5. The second kappa shape index (κ2) is 7.82. The van der Waals surface area contributed by atoms with E-state index in [9.17, 15) is 22.8 Å². The fourth-order valence-electron chi connectivity index (χ4n) is 3.45. The number of aryl methyl sites for hydroxylation is 1. The number of amides is 2.